The summed E-state index contributed by atoms with van der Waals surface area (Å²) in [7, 11) is 0. The Kier molecular flexibility index (Phi) is 5.84. The van der Waals surface area contributed by atoms with E-state index in [1.807, 2.05) is 0 Å². The molecule has 0 saturated heterocycles. The molecule has 0 heterocycles. The van der Waals surface area contributed by atoms with E-state index in [0.717, 1.165) is 0 Å². The zero-order valence-electron chi connectivity index (χ0n) is 12.1. The van der Waals surface area contributed by atoms with Crippen molar-refractivity contribution < 1.29 is 19.1 Å². The van der Waals surface area contributed by atoms with Gasteiger partial charge in [-0.05, 0) is 43.3 Å². The molecule has 0 atom stereocenters. The number of rotatable bonds is 4. The van der Waals surface area contributed by atoms with Gasteiger partial charge in [-0.3, -0.25) is 5.32 Å². The summed E-state index contributed by atoms with van der Waals surface area (Å²) in [6, 6.07) is 10.8. The van der Waals surface area contributed by atoms with Gasteiger partial charge in [0.05, 0.1) is 17.2 Å². The van der Waals surface area contributed by atoms with Crippen molar-refractivity contribution in [3.05, 3.63) is 58.1 Å². The summed E-state index contributed by atoms with van der Waals surface area (Å²) < 4.78 is 9.96. The first-order valence-corrected chi connectivity index (χ1v) is 7.46. The molecule has 1 N–H and O–H groups in total. The summed E-state index contributed by atoms with van der Waals surface area (Å²) in [6.45, 7) is 2.02. The summed E-state index contributed by atoms with van der Waals surface area (Å²) in [5, 5.41) is 3.19. The van der Waals surface area contributed by atoms with Crippen LogP contribution in [0.25, 0.3) is 0 Å². The highest BCUT2D eigenvalue weighted by atomic mass is 35.5. The van der Waals surface area contributed by atoms with Gasteiger partial charge >= 0.3 is 12.1 Å². The fourth-order valence-electron chi connectivity index (χ4n) is 1.70. The largest absolute Gasteiger partial charge is 0.462 e. The van der Waals surface area contributed by atoms with Gasteiger partial charge in [0, 0.05) is 16.8 Å². The molecule has 0 saturated carbocycles. The van der Waals surface area contributed by atoms with Gasteiger partial charge in [0.25, 0.3) is 0 Å². The zero-order chi connectivity index (χ0) is 16.8. The van der Waals surface area contributed by atoms with Crippen LogP contribution in [0.15, 0.2) is 42.5 Å². The Hall–Kier alpha value is -2.24. The highest BCUT2D eigenvalue weighted by Crippen LogP contribution is 2.28. The van der Waals surface area contributed by atoms with E-state index in [-0.39, 0.29) is 10.8 Å². The van der Waals surface area contributed by atoms with E-state index >= 15 is 0 Å². The maximum Gasteiger partial charge on any atom is 0.417 e. The normalized spacial score (nSPS) is 10.0. The van der Waals surface area contributed by atoms with Gasteiger partial charge in [-0.15, -0.1) is 0 Å². The van der Waals surface area contributed by atoms with Crippen LogP contribution in [0, 0.1) is 0 Å². The Morgan fingerprint density at radius 3 is 2.43 bits per heavy atom. The first-order valence-electron chi connectivity index (χ1n) is 6.70. The monoisotopic (exact) mass is 353 g/mol. The molecule has 1 amide bonds. The van der Waals surface area contributed by atoms with Crippen molar-refractivity contribution in [2.75, 3.05) is 11.9 Å². The molecule has 0 aromatic heterocycles. The van der Waals surface area contributed by atoms with Crippen molar-refractivity contribution >= 4 is 41.0 Å². The van der Waals surface area contributed by atoms with E-state index in [4.69, 9.17) is 32.7 Å². The predicted octanol–water partition coefficient (Wildman–Crippen LogP) is 4.78. The second-order valence-corrected chi connectivity index (χ2v) is 5.23. The summed E-state index contributed by atoms with van der Waals surface area (Å²) >= 11 is 11.7. The number of amides is 1. The molecule has 0 unspecified atom stereocenters. The van der Waals surface area contributed by atoms with Gasteiger partial charge in [-0.2, -0.15) is 0 Å². The van der Waals surface area contributed by atoms with Crippen molar-refractivity contribution in [3.8, 4) is 5.75 Å². The Morgan fingerprint density at radius 1 is 1.09 bits per heavy atom. The minimum atomic E-state index is -0.724. The number of esters is 1. The molecule has 2 aromatic carbocycles. The molecule has 0 aliphatic rings. The number of benzene rings is 2. The van der Waals surface area contributed by atoms with Crippen molar-refractivity contribution in [1.82, 2.24) is 0 Å². The average molecular weight is 354 g/mol. The van der Waals surface area contributed by atoms with Crippen LogP contribution >= 0.6 is 23.2 Å². The van der Waals surface area contributed by atoms with E-state index in [1.54, 1.807) is 37.3 Å². The molecule has 0 radical (unpaired) electrons. The van der Waals surface area contributed by atoms with Crippen molar-refractivity contribution in [2.24, 2.45) is 0 Å². The number of halogens is 2. The summed E-state index contributed by atoms with van der Waals surface area (Å²) in [6.07, 6.45) is -0.724. The molecule has 0 aliphatic carbocycles. The third-order valence-corrected chi connectivity index (χ3v) is 3.29. The van der Waals surface area contributed by atoms with Gasteiger partial charge in [-0.25, -0.2) is 9.59 Å². The maximum atomic E-state index is 11.8. The Balaban J connectivity index is 2.00. The summed E-state index contributed by atoms with van der Waals surface area (Å²) in [5.41, 5.74) is 0.852. The smallest absolute Gasteiger partial charge is 0.417 e. The SMILES string of the molecule is CCOC(=O)c1ccc(NC(=O)Oc2cc(Cl)ccc2Cl)cc1. The van der Waals surface area contributed by atoms with Crippen molar-refractivity contribution in [3.63, 3.8) is 0 Å². The lowest BCUT2D eigenvalue weighted by atomic mass is 10.2. The fraction of sp³-hybridized carbons (Fsp3) is 0.125. The van der Waals surface area contributed by atoms with Gasteiger partial charge in [-0.1, -0.05) is 23.2 Å². The van der Waals surface area contributed by atoms with Crippen LogP contribution in [0.1, 0.15) is 17.3 Å². The van der Waals surface area contributed by atoms with Crippen LogP contribution in [-0.4, -0.2) is 18.7 Å². The number of carbonyl (C=O) groups is 2. The van der Waals surface area contributed by atoms with Crippen molar-refractivity contribution in [2.45, 2.75) is 6.92 Å². The molecule has 120 valence electrons. The molecule has 2 rings (SSSR count). The topological polar surface area (TPSA) is 64.6 Å². The number of hydrogen-bond donors (Lipinski definition) is 1. The Morgan fingerprint density at radius 2 is 1.78 bits per heavy atom. The molecule has 7 heteroatoms. The molecule has 23 heavy (non-hydrogen) atoms. The van der Waals surface area contributed by atoms with Crippen LogP contribution < -0.4 is 10.1 Å². The van der Waals surface area contributed by atoms with E-state index in [1.165, 1.54) is 12.1 Å². The van der Waals surface area contributed by atoms with Crippen LogP contribution in [0.3, 0.4) is 0 Å². The van der Waals surface area contributed by atoms with E-state index < -0.39 is 12.1 Å². The summed E-state index contributed by atoms with van der Waals surface area (Å²) in [4.78, 5) is 23.4. The van der Waals surface area contributed by atoms with Crippen LogP contribution in [0.4, 0.5) is 10.5 Å². The molecule has 0 spiro atoms. The van der Waals surface area contributed by atoms with Gasteiger partial charge in [0.15, 0.2) is 5.75 Å². The molecular formula is C16H13Cl2NO4. The standard InChI is InChI=1S/C16H13Cl2NO4/c1-2-22-15(20)10-3-6-12(7-4-10)19-16(21)23-14-9-11(17)5-8-13(14)18/h3-9H,2H2,1H3,(H,19,21). The minimum Gasteiger partial charge on any atom is -0.462 e. The second-order valence-electron chi connectivity index (χ2n) is 4.39. The molecule has 2 aromatic rings. The van der Waals surface area contributed by atoms with Crippen LogP contribution in [0.5, 0.6) is 5.75 Å². The van der Waals surface area contributed by atoms with E-state index in [2.05, 4.69) is 5.32 Å². The minimum absolute atomic E-state index is 0.153. The molecule has 0 aliphatic heterocycles. The van der Waals surface area contributed by atoms with E-state index in [9.17, 15) is 9.59 Å². The third-order valence-electron chi connectivity index (χ3n) is 2.74. The maximum absolute atomic E-state index is 11.8. The lowest BCUT2D eigenvalue weighted by molar-refractivity contribution is 0.0526. The number of carbonyl (C=O) groups excluding carboxylic acids is 2. The number of anilines is 1. The van der Waals surface area contributed by atoms with Gasteiger partial charge in [0.2, 0.25) is 0 Å². The van der Waals surface area contributed by atoms with Gasteiger partial charge < -0.3 is 9.47 Å². The zero-order valence-corrected chi connectivity index (χ0v) is 13.6. The molecule has 5 nitrogen and oxygen atoms in total. The number of ether oxygens (including phenoxy) is 2. The molecular weight excluding hydrogens is 341 g/mol. The number of hydrogen-bond acceptors (Lipinski definition) is 4. The first-order chi connectivity index (χ1) is 11.0. The molecule has 0 fully saturated rings. The van der Waals surface area contributed by atoms with Crippen LogP contribution in [0.2, 0.25) is 10.0 Å². The average Bonchev–Trinajstić information content (AvgIpc) is 2.52. The predicted molar refractivity (Wildman–Crippen MR) is 88.5 cm³/mol. The molecule has 0 bridgehead atoms. The Labute approximate surface area is 143 Å². The van der Waals surface area contributed by atoms with Crippen LogP contribution in [-0.2, 0) is 4.74 Å². The third kappa shape index (κ3) is 4.87. The first kappa shape index (κ1) is 17.1. The lowest BCUT2D eigenvalue weighted by Gasteiger charge is -2.09. The number of nitrogens with one attached hydrogen (secondary N) is 1. The highest BCUT2D eigenvalue weighted by molar-refractivity contribution is 6.34. The lowest BCUT2D eigenvalue weighted by Crippen LogP contribution is -2.17. The fourth-order valence-corrected chi connectivity index (χ4v) is 2.02. The highest BCUT2D eigenvalue weighted by Gasteiger charge is 2.10. The quantitative estimate of drug-likeness (QED) is 0.803. The van der Waals surface area contributed by atoms with Gasteiger partial charge in [0.1, 0.15) is 0 Å². The summed E-state index contributed by atoms with van der Waals surface area (Å²) in [5.74, 6) is -0.271. The van der Waals surface area contributed by atoms with Crippen molar-refractivity contribution in [1.29, 1.82) is 0 Å². The second kappa shape index (κ2) is 7.85. The Bertz CT molecular complexity index is 717. The van der Waals surface area contributed by atoms with E-state index in [0.29, 0.717) is 22.9 Å².